The van der Waals surface area contributed by atoms with Gasteiger partial charge in [-0.05, 0) is 52.9 Å². The molecule has 3 aromatic heterocycles. The minimum Gasteiger partial charge on any atom is -0.455 e. The predicted molar refractivity (Wildman–Crippen MR) is 176 cm³/mol. The Morgan fingerprint density at radius 2 is 1.19 bits per heavy atom. The molecule has 0 aliphatic heterocycles. The molecular formula is C39H24N2O2. The lowest BCUT2D eigenvalue weighted by Gasteiger charge is -2.25. The summed E-state index contributed by atoms with van der Waals surface area (Å²) in [5.74, 6) is 0.784. The van der Waals surface area contributed by atoms with Crippen molar-refractivity contribution >= 4 is 71.8 Å². The quantitative estimate of drug-likeness (QED) is 0.218. The Morgan fingerprint density at radius 1 is 0.465 bits per heavy atom. The summed E-state index contributed by atoms with van der Waals surface area (Å²) in [5, 5.41) is 6.37. The molecule has 0 aliphatic carbocycles. The van der Waals surface area contributed by atoms with E-state index in [1.807, 2.05) is 36.5 Å². The van der Waals surface area contributed by atoms with Gasteiger partial charge < -0.3 is 8.83 Å². The molecule has 3 heterocycles. The number of hydrogen-bond donors (Lipinski definition) is 0. The maximum atomic E-state index is 6.55. The molecule has 0 saturated heterocycles. The van der Waals surface area contributed by atoms with E-state index in [2.05, 4.69) is 114 Å². The Hall–Kier alpha value is -5.87. The molecule has 0 saturated carbocycles. The molecule has 0 bridgehead atoms. The maximum Gasteiger partial charge on any atom is 0.159 e. The molecule has 0 fully saturated rings. The third kappa shape index (κ3) is 3.67. The molecule has 4 nitrogen and oxygen atoms in total. The van der Waals surface area contributed by atoms with E-state index in [1.54, 1.807) is 0 Å². The van der Waals surface area contributed by atoms with Crippen molar-refractivity contribution in [3.63, 3.8) is 0 Å². The average molecular weight is 553 g/mol. The zero-order valence-electron chi connectivity index (χ0n) is 23.1. The highest BCUT2D eigenvalue weighted by atomic mass is 16.3. The number of fused-ring (bicyclic) bond motifs is 8. The molecule has 0 radical (unpaired) electrons. The first-order chi connectivity index (χ1) is 21.3. The van der Waals surface area contributed by atoms with E-state index in [9.17, 15) is 0 Å². The number of anilines is 3. The summed E-state index contributed by atoms with van der Waals surface area (Å²) in [6.07, 6.45) is 1.83. The van der Waals surface area contributed by atoms with Crippen molar-refractivity contribution in [1.82, 2.24) is 4.98 Å². The van der Waals surface area contributed by atoms with Crippen LogP contribution in [0.25, 0.3) is 65.8 Å². The molecule has 6 aromatic carbocycles. The number of nitrogens with zero attached hydrogens (tertiary/aromatic N) is 2. The van der Waals surface area contributed by atoms with Crippen LogP contribution in [0.1, 0.15) is 0 Å². The molecule has 43 heavy (non-hydrogen) atoms. The number of para-hydroxylation sites is 2. The predicted octanol–water partition coefficient (Wildman–Crippen LogP) is 11.2. The highest BCUT2D eigenvalue weighted by molar-refractivity contribution is 6.19. The smallest absolute Gasteiger partial charge is 0.159 e. The molecule has 0 N–H and O–H groups in total. The Morgan fingerprint density at radius 3 is 2.07 bits per heavy atom. The van der Waals surface area contributed by atoms with Crippen LogP contribution in [-0.4, -0.2) is 4.98 Å². The van der Waals surface area contributed by atoms with E-state index >= 15 is 0 Å². The molecular weight excluding hydrogens is 528 g/mol. The van der Waals surface area contributed by atoms with E-state index in [0.717, 1.165) is 77.4 Å². The van der Waals surface area contributed by atoms with Crippen molar-refractivity contribution < 1.29 is 8.83 Å². The largest absolute Gasteiger partial charge is 0.455 e. The van der Waals surface area contributed by atoms with Crippen molar-refractivity contribution in [3.8, 4) is 11.1 Å². The first kappa shape index (κ1) is 23.8. The Bertz CT molecular complexity index is 2450. The second-order valence-electron chi connectivity index (χ2n) is 10.8. The van der Waals surface area contributed by atoms with E-state index in [4.69, 9.17) is 13.8 Å². The number of furan rings is 2. The van der Waals surface area contributed by atoms with Crippen LogP contribution < -0.4 is 4.90 Å². The second-order valence-corrected chi connectivity index (χ2v) is 10.8. The first-order valence-electron chi connectivity index (χ1n) is 14.4. The van der Waals surface area contributed by atoms with E-state index in [-0.39, 0.29) is 0 Å². The molecule has 0 unspecified atom stereocenters. The van der Waals surface area contributed by atoms with Crippen molar-refractivity contribution in [2.75, 3.05) is 4.90 Å². The summed E-state index contributed by atoms with van der Waals surface area (Å²) < 4.78 is 13.1. The highest BCUT2D eigenvalue weighted by Crippen LogP contribution is 2.46. The molecule has 9 rings (SSSR count). The van der Waals surface area contributed by atoms with Crippen molar-refractivity contribution in [1.29, 1.82) is 0 Å². The molecule has 0 atom stereocenters. The number of pyridine rings is 1. The van der Waals surface area contributed by atoms with Gasteiger partial charge in [-0.2, -0.15) is 0 Å². The normalized spacial score (nSPS) is 11.7. The second kappa shape index (κ2) is 9.33. The van der Waals surface area contributed by atoms with Gasteiger partial charge in [0.05, 0.1) is 11.1 Å². The van der Waals surface area contributed by atoms with Crippen LogP contribution in [0.15, 0.2) is 155 Å². The van der Waals surface area contributed by atoms with Gasteiger partial charge in [0.25, 0.3) is 0 Å². The third-order valence-electron chi connectivity index (χ3n) is 8.32. The van der Waals surface area contributed by atoms with Crippen LogP contribution in [-0.2, 0) is 0 Å². The fraction of sp³-hybridized carbons (Fsp3) is 0. The third-order valence-corrected chi connectivity index (χ3v) is 8.32. The van der Waals surface area contributed by atoms with Gasteiger partial charge in [-0.1, -0.05) is 103 Å². The van der Waals surface area contributed by atoms with Gasteiger partial charge in [0.1, 0.15) is 22.6 Å². The topological polar surface area (TPSA) is 42.4 Å². The minimum absolute atomic E-state index is 0.784. The van der Waals surface area contributed by atoms with Crippen molar-refractivity contribution in [3.05, 3.63) is 146 Å². The van der Waals surface area contributed by atoms with Gasteiger partial charge in [-0.25, -0.2) is 4.98 Å². The summed E-state index contributed by atoms with van der Waals surface area (Å²) in [4.78, 5) is 7.23. The van der Waals surface area contributed by atoms with E-state index < -0.39 is 0 Å². The molecule has 0 aliphatic rings. The van der Waals surface area contributed by atoms with Gasteiger partial charge in [0.2, 0.25) is 0 Å². The number of hydrogen-bond acceptors (Lipinski definition) is 4. The monoisotopic (exact) mass is 552 g/mol. The first-order valence-corrected chi connectivity index (χ1v) is 14.4. The van der Waals surface area contributed by atoms with Gasteiger partial charge >= 0.3 is 0 Å². The summed E-state index contributed by atoms with van der Waals surface area (Å²) in [5.41, 5.74) is 7.54. The minimum atomic E-state index is 0.784. The van der Waals surface area contributed by atoms with Gasteiger partial charge in [0.15, 0.2) is 5.58 Å². The zero-order chi connectivity index (χ0) is 28.3. The van der Waals surface area contributed by atoms with Crippen LogP contribution in [0.5, 0.6) is 0 Å². The van der Waals surface area contributed by atoms with Crippen molar-refractivity contribution in [2.24, 2.45) is 0 Å². The summed E-state index contributed by atoms with van der Waals surface area (Å²) in [6.45, 7) is 0. The highest BCUT2D eigenvalue weighted by Gasteiger charge is 2.24. The fourth-order valence-electron chi connectivity index (χ4n) is 6.32. The van der Waals surface area contributed by atoms with E-state index in [0.29, 0.717) is 0 Å². The Kier molecular flexibility index (Phi) is 5.16. The van der Waals surface area contributed by atoms with Crippen LogP contribution in [0.2, 0.25) is 0 Å². The average Bonchev–Trinajstić information content (AvgIpc) is 3.65. The Labute approximate surface area is 247 Å². The standard InChI is InChI=1S/C39H24N2O2/c1-2-9-25(10-3-1)26-17-20-28(21-18-26)41(33-15-8-14-31-30-13-6-7-16-34(30)42-38(31)33)39-36-32-22-19-27-11-4-5-12-29(27)37(32)43-35(36)23-24-40-39/h1-24H. The maximum absolute atomic E-state index is 6.55. The lowest BCUT2D eigenvalue weighted by Crippen LogP contribution is -2.12. The van der Waals surface area contributed by atoms with Crippen LogP contribution in [0, 0.1) is 0 Å². The SMILES string of the molecule is c1ccc(-c2ccc(N(c3cccc4c3oc3ccccc34)c3nccc4oc5c6ccccc6ccc5c34)cc2)cc1. The van der Waals surface area contributed by atoms with Gasteiger partial charge in [0, 0.05) is 33.4 Å². The molecule has 9 aromatic rings. The number of aromatic nitrogens is 1. The lowest BCUT2D eigenvalue weighted by atomic mass is 10.0. The van der Waals surface area contributed by atoms with Crippen LogP contribution in [0.4, 0.5) is 17.2 Å². The summed E-state index contributed by atoms with van der Waals surface area (Å²) in [7, 11) is 0. The molecule has 0 amide bonds. The summed E-state index contributed by atoms with van der Waals surface area (Å²) in [6, 6.07) is 48.2. The Balaban J connectivity index is 1.34. The van der Waals surface area contributed by atoms with Gasteiger partial charge in [-0.15, -0.1) is 0 Å². The molecule has 202 valence electrons. The lowest BCUT2D eigenvalue weighted by molar-refractivity contribution is 0.668. The van der Waals surface area contributed by atoms with Crippen LogP contribution >= 0.6 is 0 Å². The van der Waals surface area contributed by atoms with Gasteiger partial charge in [-0.3, -0.25) is 4.90 Å². The van der Waals surface area contributed by atoms with Crippen molar-refractivity contribution in [2.45, 2.75) is 0 Å². The molecule has 0 spiro atoms. The zero-order valence-corrected chi connectivity index (χ0v) is 23.1. The number of benzene rings is 6. The number of rotatable bonds is 4. The van der Waals surface area contributed by atoms with Crippen LogP contribution in [0.3, 0.4) is 0 Å². The molecule has 4 heteroatoms. The fourth-order valence-corrected chi connectivity index (χ4v) is 6.32. The summed E-state index contributed by atoms with van der Waals surface area (Å²) >= 11 is 0. The van der Waals surface area contributed by atoms with E-state index in [1.165, 1.54) is 5.56 Å².